The van der Waals surface area contributed by atoms with Crippen molar-refractivity contribution < 1.29 is 14.7 Å². The van der Waals surface area contributed by atoms with Gasteiger partial charge >= 0.3 is 5.97 Å². The molecule has 1 aliphatic carbocycles. The van der Waals surface area contributed by atoms with Gasteiger partial charge in [0.15, 0.2) is 0 Å². The zero-order valence-electron chi connectivity index (χ0n) is 11.2. The Bertz CT molecular complexity index is 591. The molecule has 1 fully saturated rings. The number of hydrogen-bond acceptors (Lipinski definition) is 2. The molecule has 0 radical (unpaired) electrons. The van der Waals surface area contributed by atoms with Crippen LogP contribution in [0.5, 0.6) is 0 Å². The van der Waals surface area contributed by atoms with Gasteiger partial charge in [-0.25, -0.2) is 4.79 Å². The fourth-order valence-electron chi connectivity index (χ4n) is 3.08. The normalized spacial score (nSPS) is 20.7. The molecule has 1 aromatic rings. The van der Waals surface area contributed by atoms with Crippen LogP contribution in [0.2, 0.25) is 0 Å². The third-order valence-electron chi connectivity index (χ3n) is 4.07. The summed E-state index contributed by atoms with van der Waals surface area (Å²) >= 11 is 0. The van der Waals surface area contributed by atoms with Gasteiger partial charge in [-0.05, 0) is 30.4 Å². The second kappa shape index (κ2) is 5.12. The van der Waals surface area contributed by atoms with Crippen LogP contribution in [0, 0.1) is 0 Å². The molecule has 4 nitrogen and oxygen atoms in total. The summed E-state index contributed by atoms with van der Waals surface area (Å²) < 4.78 is 0. The SMILES string of the molecule is O=C(O)[C@H]1CCCN1C(=O)CC1=Cc2ccccc2C1. The molecule has 1 saturated heterocycles. The largest absolute Gasteiger partial charge is 0.480 e. The lowest BCUT2D eigenvalue weighted by Crippen LogP contribution is -2.40. The third kappa shape index (κ3) is 2.33. The average Bonchev–Trinajstić information content (AvgIpc) is 3.04. The molecule has 0 unspecified atom stereocenters. The first kappa shape index (κ1) is 12.9. The summed E-state index contributed by atoms with van der Waals surface area (Å²) in [4.78, 5) is 24.9. The summed E-state index contributed by atoms with van der Waals surface area (Å²) in [5, 5.41) is 9.13. The van der Waals surface area contributed by atoms with Crippen molar-refractivity contribution >= 4 is 18.0 Å². The molecule has 104 valence electrons. The Morgan fingerprint density at radius 3 is 2.85 bits per heavy atom. The summed E-state index contributed by atoms with van der Waals surface area (Å²) in [5.41, 5.74) is 3.49. The molecule has 1 N–H and O–H groups in total. The number of amides is 1. The first-order valence-corrected chi connectivity index (χ1v) is 6.95. The van der Waals surface area contributed by atoms with Crippen molar-refractivity contribution in [2.24, 2.45) is 0 Å². The number of hydrogen-bond donors (Lipinski definition) is 1. The highest BCUT2D eigenvalue weighted by molar-refractivity contribution is 5.87. The van der Waals surface area contributed by atoms with Gasteiger partial charge in [-0.3, -0.25) is 4.79 Å². The Morgan fingerprint density at radius 1 is 1.30 bits per heavy atom. The molecule has 2 aliphatic rings. The van der Waals surface area contributed by atoms with E-state index in [9.17, 15) is 9.59 Å². The van der Waals surface area contributed by atoms with Gasteiger partial charge in [-0.1, -0.05) is 35.9 Å². The summed E-state index contributed by atoms with van der Waals surface area (Å²) in [7, 11) is 0. The zero-order valence-corrected chi connectivity index (χ0v) is 11.2. The predicted octanol–water partition coefficient (Wildman–Crippen LogP) is 2.09. The van der Waals surface area contributed by atoms with Gasteiger partial charge in [-0.2, -0.15) is 0 Å². The van der Waals surface area contributed by atoms with Crippen LogP contribution in [0.15, 0.2) is 29.8 Å². The van der Waals surface area contributed by atoms with Crippen LogP contribution in [-0.4, -0.2) is 34.5 Å². The van der Waals surface area contributed by atoms with E-state index in [4.69, 9.17) is 5.11 Å². The Hall–Kier alpha value is -2.10. The van der Waals surface area contributed by atoms with Gasteiger partial charge in [0.25, 0.3) is 0 Å². The molecule has 3 rings (SSSR count). The summed E-state index contributed by atoms with van der Waals surface area (Å²) in [5.74, 6) is -0.950. The minimum Gasteiger partial charge on any atom is -0.480 e. The van der Waals surface area contributed by atoms with Crippen LogP contribution < -0.4 is 0 Å². The maximum absolute atomic E-state index is 12.3. The van der Waals surface area contributed by atoms with Crippen molar-refractivity contribution in [3.63, 3.8) is 0 Å². The number of carboxylic acids is 1. The number of aliphatic carboxylic acids is 1. The highest BCUT2D eigenvalue weighted by atomic mass is 16.4. The fourth-order valence-corrected chi connectivity index (χ4v) is 3.08. The van der Waals surface area contributed by atoms with E-state index in [0.29, 0.717) is 19.4 Å². The van der Waals surface area contributed by atoms with Gasteiger partial charge in [0.2, 0.25) is 5.91 Å². The minimum atomic E-state index is -0.889. The number of likely N-dealkylation sites (tertiary alicyclic amines) is 1. The van der Waals surface area contributed by atoms with E-state index in [1.165, 1.54) is 16.0 Å². The van der Waals surface area contributed by atoms with Gasteiger partial charge in [0.1, 0.15) is 6.04 Å². The topological polar surface area (TPSA) is 57.6 Å². The molecule has 1 heterocycles. The van der Waals surface area contributed by atoms with Crippen LogP contribution in [0.4, 0.5) is 0 Å². The maximum Gasteiger partial charge on any atom is 0.326 e. The van der Waals surface area contributed by atoms with E-state index in [0.717, 1.165) is 18.4 Å². The molecular formula is C16H17NO3. The maximum atomic E-state index is 12.3. The van der Waals surface area contributed by atoms with Crippen molar-refractivity contribution in [1.29, 1.82) is 0 Å². The van der Waals surface area contributed by atoms with E-state index in [1.807, 2.05) is 18.2 Å². The van der Waals surface area contributed by atoms with E-state index in [2.05, 4.69) is 12.1 Å². The lowest BCUT2D eigenvalue weighted by molar-refractivity contribution is -0.147. The third-order valence-corrected chi connectivity index (χ3v) is 4.07. The lowest BCUT2D eigenvalue weighted by Gasteiger charge is -2.21. The molecule has 0 aromatic heterocycles. The summed E-state index contributed by atoms with van der Waals surface area (Å²) in [6.07, 6.45) is 4.54. The lowest BCUT2D eigenvalue weighted by atomic mass is 10.1. The van der Waals surface area contributed by atoms with Crippen LogP contribution in [0.25, 0.3) is 6.08 Å². The standard InChI is InChI=1S/C16H17NO3/c18-15(17-7-3-6-14(17)16(19)20)10-11-8-12-4-1-2-5-13(12)9-11/h1-2,4-5,8,14H,3,6-7,9-10H2,(H,19,20)/t14-/m1/s1. The molecular weight excluding hydrogens is 254 g/mol. The highest BCUT2D eigenvalue weighted by Gasteiger charge is 2.34. The molecule has 1 atom stereocenters. The van der Waals surface area contributed by atoms with E-state index in [-0.39, 0.29) is 5.91 Å². The number of carbonyl (C=O) groups is 2. The molecule has 4 heteroatoms. The van der Waals surface area contributed by atoms with Gasteiger partial charge in [0, 0.05) is 13.0 Å². The molecule has 20 heavy (non-hydrogen) atoms. The van der Waals surface area contributed by atoms with Gasteiger partial charge in [0.05, 0.1) is 0 Å². The number of nitrogens with zero attached hydrogens (tertiary/aromatic N) is 1. The molecule has 1 amide bonds. The highest BCUT2D eigenvalue weighted by Crippen LogP contribution is 2.28. The fraction of sp³-hybridized carbons (Fsp3) is 0.375. The Kier molecular flexibility index (Phi) is 3.30. The number of fused-ring (bicyclic) bond motifs is 1. The molecule has 1 aromatic carbocycles. The Balaban J connectivity index is 1.68. The van der Waals surface area contributed by atoms with E-state index >= 15 is 0 Å². The Labute approximate surface area is 117 Å². The van der Waals surface area contributed by atoms with Crippen molar-refractivity contribution in [1.82, 2.24) is 4.90 Å². The first-order valence-electron chi connectivity index (χ1n) is 6.95. The molecule has 0 spiro atoms. The molecule has 0 bridgehead atoms. The van der Waals surface area contributed by atoms with Crippen molar-refractivity contribution in [3.05, 3.63) is 41.0 Å². The van der Waals surface area contributed by atoms with Gasteiger partial charge in [-0.15, -0.1) is 0 Å². The quantitative estimate of drug-likeness (QED) is 0.915. The average molecular weight is 271 g/mol. The van der Waals surface area contributed by atoms with Crippen LogP contribution in [0.3, 0.4) is 0 Å². The summed E-state index contributed by atoms with van der Waals surface area (Å²) in [6, 6.07) is 7.47. The monoisotopic (exact) mass is 271 g/mol. The summed E-state index contributed by atoms with van der Waals surface area (Å²) in [6.45, 7) is 0.566. The minimum absolute atomic E-state index is 0.0612. The number of rotatable bonds is 3. The Morgan fingerprint density at radius 2 is 2.10 bits per heavy atom. The van der Waals surface area contributed by atoms with E-state index in [1.54, 1.807) is 0 Å². The molecule has 0 saturated carbocycles. The number of benzene rings is 1. The number of carbonyl (C=O) groups excluding carboxylic acids is 1. The predicted molar refractivity (Wildman–Crippen MR) is 75.1 cm³/mol. The second-order valence-corrected chi connectivity index (χ2v) is 5.44. The van der Waals surface area contributed by atoms with Gasteiger partial charge < -0.3 is 10.0 Å². The van der Waals surface area contributed by atoms with Crippen LogP contribution in [0.1, 0.15) is 30.4 Å². The van der Waals surface area contributed by atoms with Crippen molar-refractivity contribution in [3.8, 4) is 0 Å². The second-order valence-electron chi connectivity index (χ2n) is 5.44. The number of carboxylic acid groups (broad SMARTS) is 1. The van der Waals surface area contributed by atoms with Crippen molar-refractivity contribution in [2.45, 2.75) is 31.7 Å². The van der Waals surface area contributed by atoms with Crippen LogP contribution >= 0.6 is 0 Å². The van der Waals surface area contributed by atoms with Crippen LogP contribution in [-0.2, 0) is 16.0 Å². The molecule has 1 aliphatic heterocycles. The zero-order chi connectivity index (χ0) is 14.1. The first-order chi connectivity index (χ1) is 9.65. The van der Waals surface area contributed by atoms with Crippen molar-refractivity contribution in [2.75, 3.05) is 6.54 Å². The van der Waals surface area contributed by atoms with E-state index < -0.39 is 12.0 Å². The smallest absolute Gasteiger partial charge is 0.326 e.